The maximum atomic E-state index is 10.4. The molecule has 0 amide bonds. The number of benzene rings is 2. The number of hydrogen-bond donors (Lipinski definition) is 1. The van der Waals surface area contributed by atoms with Crippen LogP contribution in [0.3, 0.4) is 0 Å². The van der Waals surface area contributed by atoms with E-state index in [2.05, 4.69) is 16.3 Å². The predicted octanol–water partition coefficient (Wildman–Crippen LogP) is 6.95. The fourth-order valence-electron chi connectivity index (χ4n) is 2.96. The molecular formula is C24H29N3O3. The Morgan fingerprint density at radius 3 is 1.83 bits per heavy atom. The molecule has 0 spiro atoms. The van der Waals surface area contributed by atoms with Crippen molar-refractivity contribution in [1.82, 2.24) is 0 Å². The van der Waals surface area contributed by atoms with Crippen molar-refractivity contribution < 1.29 is 14.6 Å². The number of unbranched alkanes of at least 4 members (excludes halogenated alkanes) is 7. The summed E-state index contributed by atoms with van der Waals surface area (Å²) in [6.45, 7) is 0.699. The first-order valence-electron chi connectivity index (χ1n) is 10.5. The van der Waals surface area contributed by atoms with Crippen molar-refractivity contribution in [1.29, 1.82) is 5.26 Å². The van der Waals surface area contributed by atoms with Crippen molar-refractivity contribution in [2.45, 2.75) is 57.8 Å². The molecule has 2 rings (SSSR count). The van der Waals surface area contributed by atoms with E-state index in [1.165, 1.54) is 19.3 Å². The summed E-state index contributed by atoms with van der Waals surface area (Å²) in [4.78, 5) is 10.4. The third-order valence-electron chi connectivity index (χ3n) is 4.67. The predicted molar refractivity (Wildman–Crippen MR) is 116 cm³/mol. The Morgan fingerprint density at radius 1 is 0.800 bits per heavy atom. The average Bonchev–Trinajstić information content (AvgIpc) is 2.77. The van der Waals surface area contributed by atoms with Crippen LogP contribution in [0.1, 0.15) is 63.4 Å². The van der Waals surface area contributed by atoms with E-state index in [1.54, 1.807) is 24.3 Å². The number of carboxylic acids is 1. The van der Waals surface area contributed by atoms with Crippen LogP contribution in [0.2, 0.25) is 0 Å². The molecule has 158 valence electrons. The van der Waals surface area contributed by atoms with Crippen LogP contribution in [0.5, 0.6) is 5.75 Å². The molecule has 0 aliphatic carbocycles. The van der Waals surface area contributed by atoms with Gasteiger partial charge in [0.1, 0.15) is 5.75 Å². The molecule has 0 unspecified atom stereocenters. The fraction of sp³-hybridized carbons (Fsp3) is 0.417. The SMILES string of the molecule is N#Cc1ccc(N=Nc2ccc(OCCCCCCCCCCC(=O)O)cc2)cc1. The summed E-state index contributed by atoms with van der Waals surface area (Å²) in [7, 11) is 0. The Bertz CT molecular complexity index is 824. The third kappa shape index (κ3) is 9.83. The van der Waals surface area contributed by atoms with Gasteiger partial charge in [-0.25, -0.2) is 0 Å². The van der Waals surface area contributed by atoms with E-state index in [9.17, 15) is 4.79 Å². The standard InChI is InChI=1S/C24H29N3O3/c25-19-20-10-12-21(13-11-20)26-27-22-14-16-23(17-15-22)30-18-8-6-4-2-1-3-5-7-9-24(28)29/h10-17H,1-9,18H2,(H,28,29). The van der Waals surface area contributed by atoms with Gasteiger partial charge in [0, 0.05) is 6.42 Å². The first-order chi connectivity index (χ1) is 14.7. The van der Waals surface area contributed by atoms with Gasteiger partial charge in [-0.3, -0.25) is 4.79 Å². The molecule has 0 radical (unpaired) electrons. The fourth-order valence-corrected chi connectivity index (χ4v) is 2.96. The molecule has 2 aromatic carbocycles. The van der Waals surface area contributed by atoms with Crippen molar-refractivity contribution in [3.8, 4) is 11.8 Å². The number of ether oxygens (including phenoxy) is 1. The molecule has 0 bridgehead atoms. The van der Waals surface area contributed by atoms with Crippen molar-refractivity contribution >= 4 is 17.3 Å². The lowest BCUT2D eigenvalue weighted by Crippen LogP contribution is -1.97. The van der Waals surface area contributed by atoms with Crippen molar-refractivity contribution in [2.24, 2.45) is 10.2 Å². The summed E-state index contributed by atoms with van der Waals surface area (Å²) in [5.41, 5.74) is 2.05. The van der Waals surface area contributed by atoms with Crippen LogP contribution in [-0.2, 0) is 4.79 Å². The number of aliphatic carboxylic acids is 1. The van der Waals surface area contributed by atoms with E-state index in [0.29, 0.717) is 17.9 Å². The van der Waals surface area contributed by atoms with Crippen LogP contribution in [0.25, 0.3) is 0 Å². The monoisotopic (exact) mass is 407 g/mol. The van der Waals surface area contributed by atoms with Gasteiger partial charge in [-0.05, 0) is 61.4 Å². The minimum absolute atomic E-state index is 0.290. The molecular weight excluding hydrogens is 378 g/mol. The van der Waals surface area contributed by atoms with Crippen molar-refractivity contribution in [2.75, 3.05) is 6.61 Å². The highest BCUT2D eigenvalue weighted by Gasteiger charge is 1.98. The maximum absolute atomic E-state index is 10.4. The van der Waals surface area contributed by atoms with Crippen LogP contribution >= 0.6 is 0 Å². The Hall–Kier alpha value is -3.20. The third-order valence-corrected chi connectivity index (χ3v) is 4.67. The minimum Gasteiger partial charge on any atom is -0.494 e. The smallest absolute Gasteiger partial charge is 0.303 e. The molecule has 0 heterocycles. The van der Waals surface area contributed by atoms with Crippen LogP contribution in [-0.4, -0.2) is 17.7 Å². The molecule has 6 nitrogen and oxygen atoms in total. The topological polar surface area (TPSA) is 95.0 Å². The van der Waals surface area contributed by atoms with Crippen LogP contribution in [0, 0.1) is 11.3 Å². The number of hydrogen-bond acceptors (Lipinski definition) is 5. The van der Waals surface area contributed by atoms with Gasteiger partial charge < -0.3 is 9.84 Å². The van der Waals surface area contributed by atoms with Crippen LogP contribution in [0.15, 0.2) is 58.8 Å². The minimum atomic E-state index is -0.697. The molecule has 0 aliphatic rings. The highest BCUT2D eigenvalue weighted by molar-refractivity contribution is 5.66. The quantitative estimate of drug-likeness (QED) is 0.271. The molecule has 0 aromatic heterocycles. The lowest BCUT2D eigenvalue weighted by atomic mass is 10.1. The molecule has 6 heteroatoms. The first kappa shape index (κ1) is 23.1. The van der Waals surface area contributed by atoms with E-state index in [-0.39, 0.29) is 6.42 Å². The van der Waals surface area contributed by atoms with Gasteiger partial charge in [0.2, 0.25) is 0 Å². The van der Waals surface area contributed by atoms with Gasteiger partial charge in [0.25, 0.3) is 0 Å². The molecule has 0 saturated heterocycles. The summed E-state index contributed by atoms with van der Waals surface area (Å²) in [6.07, 6.45) is 8.96. The molecule has 1 N–H and O–H groups in total. The van der Waals surface area contributed by atoms with E-state index >= 15 is 0 Å². The van der Waals surface area contributed by atoms with Crippen LogP contribution < -0.4 is 4.74 Å². The highest BCUT2D eigenvalue weighted by Crippen LogP contribution is 2.22. The zero-order valence-electron chi connectivity index (χ0n) is 17.3. The van der Waals surface area contributed by atoms with Gasteiger partial charge in [0.05, 0.1) is 29.6 Å². The summed E-state index contributed by atoms with van der Waals surface area (Å²) in [5, 5.41) is 25.7. The number of rotatable bonds is 14. The Kier molecular flexibility index (Phi) is 10.7. The second-order valence-electron chi connectivity index (χ2n) is 7.17. The Labute approximate surface area is 178 Å². The number of azo groups is 1. The summed E-state index contributed by atoms with van der Waals surface area (Å²) in [6, 6.07) is 16.6. The molecule has 0 saturated carbocycles. The number of carbonyl (C=O) groups is 1. The van der Waals surface area contributed by atoms with Gasteiger partial charge in [-0.15, -0.1) is 0 Å². The second-order valence-corrected chi connectivity index (χ2v) is 7.17. The lowest BCUT2D eigenvalue weighted by Gasteiger charge is -2.06. The molecule has 0 atom stereocenters. The van der Waals surface area contributed by atoms with E-state index in [4.69, 9.17) is 15.1 Å². The largest absolute Gasteiger partial charge is 0.494 e. The number of carboxylic acid groups (broad SMARTS) is 1. The van der Waals surface area contributed by atoms with Gasteiger partial charge in [-0.2, -0.15) is 15.5 Å². The number of nitriles is 1. The van der Waals surface area contributed by atoms with Gasteiger partial charge in [0.15, 0.2) is 0 Å². The molecule has 2 aromatic rings. The highest BCUT2D eigenvalue weighted by atomic mass is 16.5. The van der Waals surface area contributed by atoms with Crippen molar-refractivity contribution in [3.63, 3.8) is 0 Å². The lowest BCUT2D eigenvalue weighted by molar-refractivity contribution is -0.137. The van der Waals surface area contributed by atoms with Crippen molar-refractivity contribution in [3.05, 3.63) is 54.1 Å². The molecule has 0 fully saturated rings. The van der Waals surface area contributed by atoms with Crippen LogP contribution in [0.4, 0.5) is 11.4 Å². The second kappa shape index (κ2) is 13.9. The zero-order chi connectivity index (χ0) is 21.4. The van der Waals surface area contributed by atoms with Gasteiger partial charge >= 0.3 is 5.97 Å². The summed E-state index contributed by atoms with van der Waals surface area (Å²) >= 11 is 0. The summed E-state index contributed by atoms with van der Waals surface area (Å²) < 4.78 is 5.77. The first-order valence-corrected chi connectivity index (χ1v) is 10.5. The Balaban J connectivity index is 1.55. The Morgan fingerprint density at radius 2 is 1.30 bits per heavy atom. The van der Waals surface area contributed by atoms with E-state index in [0.717, 1.165) is 43.5 Å². The summed E-state index contributed by atoms with van der Waals surface area (Å²) in [5.74, 6) is 0.128. The number of nitrogens with zero attached hydrogens (tertiary/aromatic N) is 3. The molecule has 0 aliphatic heterocycles. The van der Waals surface area contributed by atoms with Gasteiger partial charge in [-0.1, -0.05) is 38.5 Å². The average molecular weight is 408 g/mol. The molecule has 30 heavy (non-hydrogen) atoms. The van der Waals surface area contributed by atoms with E-state index in [1.807, 2.05) is 24.3 Å². The zero-order valence-corrected chi connectivity index (χ0v) is 17.3. The normalized spacial score (nSPS) is 10.8. The maximum Gasteiger partial charge on any atom is 0.303 e. The van der Waals surface area contributed by atoms with E-state index < -0.39 is 5.97 Å².